The van der Waals surface area contributed by atoms with Gasteiger partial charge in [0.2, 0.25) is 5.91 Å². The van der Waals surface area contributed by atoms with Crippen molar-refractivity contribution in [3.05, 3.63) is 34.8 Å². The predicted octanol–water partition coefficient (Wildman–Crippen LogP) is 1.02. The van der Waals surface area contributed by atoms with Gasteiger partial charge < -0.3 is 10.2 Å². The number of rotatable bonds is 3. The van der Waals surface area contributed by atoms with E-state index in [-0.39, 0.29) is 11.8 Å². The summed E-state index contributed by atoms with van der Waals surface area (Å²) in [6, 6.07) is 1.29. The highest BCUT2D eigenvalue weighted by molar-refractivity contribution is 7.08. The molecule has 1 atom stereocenters. The molecule has 2 amide bonds. The van der Waals surface area contributed by atoms with Crippen molar-refractivity contribution in [1.29, 1.82) is 0 Å². The molecule has 3 heterocycles. The zero-order chi connectivity index (χ0) is 14.1. The van der Waals surface area contributed by atoms with Crippen LogP contribution in [0.4, 0.5) is 5.69 Å². The summed E-state index contributed by atoms with van der Waals surface area (Å²) in [7, 11) is 1.81. The molecule has 1 saturated heterocycles. The molecule has 6 nitrogen and oxygen atoms in total. The third-order valence-electron chi connectivity index (χ3n) is 3.30. The number of nitrogens with one attached hydrogen (secondary N) is 1. The van der Waals surface area contributed by atoms with Crippen molar-refractivity contribution in [1.82, 2.24) is 15.1 Å². The van der Waals surface area contributed by atoms with Crippen LogP contribution in [0.15, 0.2) is 29.2 Å². The van der Waals surface area contributed by atoms with E-state index in [0.29, 0.717) is 18.5 Å². The molecule has 1 N–H and O–H groups in total. The minimum atomic E-state index is -0.456. The standard InChI is InChI=1S/C13H14N4O2S/c1-16-7-10(6-14-16)17-4-2-11(13(17)19)15-12(18)9-3-5-20-8-9/h3,5-8,11H,2,4H2,1H3,(H,15,18). The molecule has 0 aromatic carbocycles. The van der Waals surface area contributed by atoms with Gasteiger partial charge in [-0.05, 0) is 17.9 Å². The second kappa shape index (κ2) is 5.09. The second-order valence-electron chi connectivity index (χ2n) is 4.69. The van der Waals surface area contributed by atoms with Crippen LogP contribution in [-0.2, 0) is 11.8 Å². The van der Waals surface area contributed by atoms with Gasteiger partial charge >= 0.3 is 0 Å². The van der Waals surface area contributed by atoms with Crippen LogP contribution in [0, 0.1) is 0 Å². The zero-order valence-corrected chi connectivity index (χ0v) is 11.8. The van der Waals surface area contributed by atoms with Gasteiger partial charge in [-0.1, -0.05) is 0 Å². The van der Waals surface area contributed by atoms with Crippen LogP contribution in [0.1, 0.15) is 16.8 Å². The van der Waals surface area contributed by atoms with Crippen molar-refractivity contribution in [2.75, 3.05) is 11.4 Å². The first kappa shape index (κ1) is 12.9. The van der Waals surface area contributed by atoms with E-state index in [4.69, 9.17) is 0 Å². The molecule has 20 heavy (non-hydrogen) atoms. The number of hydrogen-bond donors (Lipinski definition) is 1. The highest BCUT2D eigenvalue weighted by Crippen LogP contribution is 2.21. The molecule has 2 aromatic rings. The van der Waals surface area contributed by atoms with Crippen LogP contribution in [-0.4, -0.2) is 34.2 Å². The molecular weight excluding hydrogens is 276 g/mol. The summed E-state index contributed by atoms with van der Waals surface area (Å²) in [5.74, 6) is -0.279. The van der Waals surface area contributed by atoms with Crippen LogP contribution < -0.4 is 10.2 Å². The van der Waals surface area contributed by atoms with Crippen molar-refractivity contribution < 1.29 is 9.59 Å². The van der Waals surface area contributed by atoms with Gasteiger partial charge in [-0.15, -0.1) is 0 Å². The molecule has 1 fully saturated rings. The van der Waals surface area contributed by atoms with Crippen LogP contribution in [0.2, 0.25) is 0 Å². The fourth-order valence-corrected chi connectivity index (χ4v) is 2.89. The number of carbonyl (C=O) groups is 2. The average Bonchev–Trinajstić information content (AvgIpc) is 3.12. The van der Waals surface area contributed by atoms with Crippen molar-refractivity contribution in [2.45, 2.75) is 12.5 Å². The van der Waals surface area contributed by atoms with E-state index >= 15 is 0 Å². The van der Waals surface area contributed by atoms with Crippen molar-refractivity contribution in [3.8, 4) is 0 Å². The van der Waals surface area contributed by atoms with E-state index in [2.05, 4.69) is 10.4 Å². The Labute approximate surface area is 120 Å². The Bertz CT molecular complexity index is 635. The summed E-state index contributed by atoms with van der Waals surface area (Å²) in [6.07, 6.45) is 4.06. The lowest BCUT2D eigenvalue weighted by atomic mass is 10.2. The first-order valence-electron chi connectivity index (χ1n) is 6.28. The Morgan fingerprint density at radius 3 is 3.05 bits per heavy atom. The molecule has 1 aliphatic heterocycles. The maximum absolute atomic E-state index is 12.3. The summed E-state index contributed by atoms with van der Waals surface area (Å²) in [6.45, 7) is 0.596. The molecule has 2 aromatic heterocycles. The Morgan fingerprint density at radius 1 is 1.55 bits per heavy atom. The van der Waals surface area contributed by atoms with Crippen LogP contribution in [0.5, 0.6) is 0 Å². The largest absolute Gasteiger partial charge is 0.340 e. The molecule has 104 valence electrons. The van der Waals surface area contributed by atoms with Crippen LogP contribution in [0.25, 0.3) is 0 Å². The van der Waals surface area contributed by atoms with Gasteiger partial charge in [0.25, 0.3) is 5.91 Å². The molecule has 0 aliphatic carbocycles. The summed E-state index contributed by atoms with van der Waals surface area (Å²) in [5, 5.41) is 10.5. The molecule has 7 heteroatoms. The molecule has 0 spiro atoms. The topological polar surface area (TPSA) is 67.2 Å². The lowest BCUT2D eigenvalue weighted by molar-refractivity contribution is -0.118. The SMILES string of the molecule is Cn1cc(N2CCC(NC(=O)c3ccsc3)C2=O)cn1. The highest BCUT2D eigenvalue weighted by Gasteiger charge is 2.34. The number of thiophene rings is 1. The Kier molecular flexibility index (Phi) is 3.27. The predicted molar refractivity (Wildman–Crippen MR) is 75.8 cm³/mol. The third kappa shape index (κ3) is 2.32. The van der Waals surface area contributed by atoms with E-state index in [1.165, 1.54) is 11.3 Å². The second-order valence-corrected chi connectivity index (χ2v) is 5.47. The minimum Gasteiger partial charge on any atom is -0.340 e. The number of carbonyl (C=O) groups excluding carboxylic acids is 2. The van der Waals surface area contributed by atoms with E-state index < -0.39 is 6.04 Å². The van der Waals surface area contributed by atoms with E-state index in [9.17, 15) is 9.59 Å². The fourth-order valence-electron chi connectivity index (χ4n) is 2.25. The number of amides is 2. The number of aromatic nitrogens is 2. The fraction of sp³-hybridized carbons (Fsp3) is 0.308. The van der Waals surface area contributed by atoms with Crippen molar-refractivity contribution in [2.24, 2.45) is 7.05 Å². The van der Waals surface area contributed by atoms with Crippen molar-refractivity contribution in [3.63, 3.8) is 0 Å². The molecular formula is C13H14N4O2S. The summed E-state index contributed by atoms with van der Waals surface area (Å²) >= 11 is 1.46. The molecule has 1 aliphatic rings. The molecule has 0 bridgehead atoms. The van der Waals surface area contributed by atoms with Gasteiger partial charge in [0.15, 0.2) is 0 Å². The lowest BCUT2D eigenvalue weighted by Crippen LogP contribution is -2.41. The van der Waals surface area contributed by atoms with Crippen LogP contribution in [0.3, 0.4) is 0 Å². The minimum absolute atomic E-state index is 0.0819. The summed E-state index contributed by atoms with van der Waals surface area (Å²) in [5.41, 5.74) is 1.37. The molecule has 3 rings (SSSR count). The summed E-state index contributed by atoms with van der Waals surface area (Å²) in [4.78, 5) is 25.9. The van der Waals surface area contributed by atoms with E-state index in [1.807, 2.05) is 5.38 Å². The van der Waals surface area contributed by atoms with Gasteiger partial charge in [-0.2, -0.15) is 16.4 Å². The number of hydrogen-bond acceptors (Lipinski definition) is 4. The van der Waals surface area contributed by atoms with Crippen LogP contribution >= 0.6 is 11.3 Å². The normalized spacial score (nSPS) is 18.6. The maximum Gasteiger partial charge on any atom is 0.252 e. The Hall–Kier alpha value is -2.15. The number of nitrogens with zero attached hydrogens (tertiary/aromatic N) is 3. The van der Waals surface area contributed by atoms with Gasteiger partial charge in [0.1, 0.15) is 6.04 Å². The van der Waals surface area contributed by atoms with Gasteiger partial charge in [0, 0.05) is 25.2 Å². The zero-order valence-electron chi connectivity index (χ0n) is 10.9. The van der Waals surface area contributed by atoms with Gasteiger partial charge in [-0.25, -0.2) is 0 Å². The van der Waals surface area contributed by atoms with E-state index in [0.717, 1.165) is 5.69 Å². The molecule has 0 radical (unpaired) electrons. The Balaban J connectivity index is 1.68. The monoisotopic (exact) mass is 290 g/mol. The maximum atomic E-state index is 12.3. The number of aryl methyl sites for hydroxylation is 1. The first-order chi connectivity index (χ1) is 9.65. The third-order valence-corrected chi connectivity index (χ3v) is 3.98. The van der Waals surface area contributed by atoms with Crippen molar-refractivity contribution >= 4 is 28.8 Å². The molecule has 0 saturated carbocycles. The summed E-state index contributed by atoms with van der Waals surface area (Å²) < 4.78 is 1.65. The van der Waals surface area contributed by atoms with Gasteiger partial charge in [0.05, 0.1) is 17.4 Å². The quantitative estimate of drug-likeness (QED) is 0.917. The smallest absolute Gasteiger partial charge is 0.252 e. The first-order valence-corrected chi connectivity index (χ1v) is 7.22. The average molecular weight is 290 g/mol. The Morgan fingerprint density at radius 2 is 2.40 bits per heavy atom. The van der Waals surface area contributed by atoms with Gasteiger partial charge in [-0.3, -0.25) is 14.3 Å². The number of anilines is 1. The molecule has 1 unspecified atom stereocenters. The lowest BCUT2D eigenvalue weighted by Gasteiger charge is -2.14. The highest BCUT2D eigenvalue weighted by atomic mass is 32.1. The van der Waals surface area contributed by atoms with E-state index in [1.54, 1.807) is 40.5 Å².